The van der Waals surface area contributed by atoms with Gasteiger partial charge < -0.3 is 10.2 Å². The summed E-state index contributed by atoms with van der Waals surface area (Å²) >= 11 is 1.67. The summed E-state index contributed by atoms with van der Waals surface area (Å²) in [6.07, 6.45) is 3.17. The average molecular weight is 375 g/mol. The summed E-state index contributed by atoms with van der Waals surface area (Å²) in [5, 5.41) is 3.00. The molecule has 7 heteroatoms. The Bertz CT molecular complexity index is 656. The number of hydrazine groups is 1. The predicted octanol–water partition coefficient (Wildman–Crippen LogP) is 1.10. The lowest BCUT2D eigenvalue weighted by molar-refractivity contribution is -0.143. The number of hydrogen-bond acceptors (Lipinski definition) is 5. The Hall–Kier alpha value is -1.57. The van der Waals surface area contributed by atoms with Crippen molar-refractivity contribution in [3.05, 3.63) is 35.9 Å². The second-order valence-corrected chi connectivity index (χ2v) is 8.38. The van der Waals surface area contributed by atoms with E-state index in [0.29, 0.717) is 24.1 Å². The van der Waals surface area contributed by atoms with Crippen molar-refractivity contribution in [1.82, 2.24) is 21.1 Å². The molecule has 0 radical (unpaired) electrons. The molecule has 1 aromatic rings. The molecule has 1 aliphatic carbocycles. The summed E-state index contributed by atoms with van der Waals surface area (Å²) in [5.74, 6) is 1.89. The highest BCUT2D eigenvalue weighted by molar-refractivity contribution is 7.99. The van der Waals surface area contributed by atoms with Crippen LogP contribution < -0.4 is 16.2 Å². The van der Waals surface area contributed by atoms with Gasteiger partial charge in [0.2, 0.25) is 11.8 Å². The fourth-order valence-electron chi connectivity index (χ4n) is 4.31. The van der Waals surface area contributed by atoms with Gasteiger partial charge in [-0.3, -0.25) is 20.4 Å². The summed E-state index contributed by atoms with van der Waals surface area (Å²) in [5.41, 5.74) is 7.58. The number of nitrogens with zero attached hydrogens (tertiary/aromatic N) is 1. The Kier molecular flexibility index (Phi) is 5.47. The third-order valence-electron chi connectivity index (χ3n) is 5.76. The van der Waals surface area contributed by atoms with Crippen LogP contribution in [0, 0.1) is 11.8 Å². The van der Waals surface area contributed by atoms with Crippen molar-refractivity contribution >= 4 is 23.6 Å². The van der Waals surface area contributed by atoms with E-state index in [1.165, 1.54) is 6.42 Å². The summed E-state index contributed by atoms with van der Waals surface area (Å²) in [7, 11) is 0. The standard InChI is InChI=1S/C19H26N4O2S/c24-18(20-9-13-5-2-1-3-6-13)16-11-26-12-23(16)19(25)15-8-4-7-14-10-21-22-17(14)15/h1-3,5-6,14-17,21-22H,4,7-12H2,(H,20,24). The number of carbonyl (C=O) groups is 2. The van der Waals surface area contributed by atoms with E-state index in [9.17, 15) is 9.59 Å². The first-order chi connectivity index (χ1) is 12.7. The van der Waals surface area contributed by atoms with E-state index in [1.54, 1.807) is 16.7 Å². The van der Waals surface area contributed by atoms with Crippen molar-refractivity contribution in [1.29, 1.82) is 0 Å². The summed E-state index contributed by atoms with van der Waals surface area (Å²) in [6, 6.07) is 9.72. The lowest BCUT2D eigenvalue weighted by Gasteiger charge is -2.35. The Morgan fingerprint density at radius 3 is 2.92 bits per heavy atom. The van der Waals surface area contributed by atoms with Gasteiger partial charge in [-0.2, -0.15) is 0 Å². The smallest absolute Gasteiger partial charge is 0.243 e. The molecular weight excluding hydrogens is 348 g/mol. The maximum atomic E-state index is 13.2. The second kappa shape index (κ2) is 7.98. The number of carbonyl (C=O) groups excluding carboxylic acids is 2. The fourth-order valence-corrected chi connectivity index (χ4v) is 5.48. The largest absolute Gasteiger partial charge is 0.350 e. The van der Waals surface area contributed by atoms with Crippen molar-refractivity contribution < 1.29 is 9.59 Å². The average Bonchev–Trinajstić information content (AvgIpc) is 3.35. The van der Waals surface area contributed by atoms with Crippen molar-refractivity contribution in [3.8, 4) is 0 Å². The first-order valence-corrected chi connectivity index (χ1v) is 10.6. The molecule has 0 spiro atoms. The maximum Gasteiger partial charge on any atom is 0.243 e. The zero-order valence-electron chi connectivity index (χ0n) is 14.8. The zero-order valence-corrected chi connectivity index (χ0v) is 15.6. The van der Waals surface area contributed by atoms with Crippen molar-refractivity contribution in [3.63, 3.8) is 0 Å². The molecule has 4 atom stereocenters. The number of benzene rings is 1. The molecule has 4 unspecified atom stereocenters. The Morgan fingerprint density at radius 1 is 1.23 bits per heavy atom. The first kappa shape index (κ1) is 17.8. The van der Waals surface area contributed by atoms with E-state index in [2.05, 4.69) is 16.2 Å². The monoisotopic (exact) mass is 374 g/mol. The number of rotatable bonds is 4. The fraction of sp³-hybridized carbons (Fsp3) is 0.579. The van der Waals surface area contributed by atoms with Crippen LogP contribution in [0.5, 0.6) is 0 Å². The summed E-state index contributed by atoms with van der Waals surface area (Å²) in [6.45, 7) is 1.44. The van der Waals surface area contributed by atoms with Crippen LogP contribution >= 0.6 is 11.8 Å². The van der Waals surface area contributed by atoms with Gasteiger partial charge in [-0.05, 0) is 24.3 Å². The van der Waals surface area contributed by atoms with Crippen molar-refractivity contribution in [2.75, 3.05) is 18.2 Å². The molecule has 0 bridgehead atoms. The van der Waals surface area contributed by atoms with Crippen LogP contribution in [0.15, 0.2) is 30.3 Å². The van der Waals surface area contributed by atoms with Gasteiger partial charge in [0.1, 0.15) is 6.04 Å². The van der Waals surface area contributed by atoms with Gasteiger partial charge in [0.25, 0.3) is 0 Å². The minimum absolute atomic E-state index is 0.0214. The third-order valence-corrected chi connectivity index (χ3v) is 6.77. The molecule has 2 saturated heterocycles. The molecule has 1 aromatic carbocycles. The highest BCUT2D eigenvalue weighted by Crippen LogP contribution is 2.34. The highest BCUT2D eigenvalue weighted by Gasteiger charge is 2.45. The van der Waals surface area contributed by atoms with E-state index in [1.807, 2.05) is 30.3 Å². The van der Waals surface area contributed by atoms with Gasteiger partial charge in [-0.15, -0.1) is 11.8 Å². The predicted molar refractivity (Wildman–Crippen MR) is 102 cm³/mol. The van der Waals surface area contributed by atoms with Crippen LogP contribution in [0.3, 0.4) is 0 Å². The quantitative estimate of drug-likeness (QED) is 0.736. The topological polar surface area (TPSA) is 73.5 Å². The molecule has 140 valence electrons. The molecule has 3 fully saturated rings. The molecular formula is C19H26N4O2S. The minimum atomic E-state index is -0.356. The Labute approximate surface area is 158 Å². The number of nitrogens with one attached hydrogen (secondary N) is 3. The molecule has 3 aliphatic rings. The highest BCUT2D eigenvalue weighted by atomic mass is 32.2. The van der Waals surface area contributed by atoms with E-state index in [4.69, 9.17) is 0 Å². The summed E-state index contributed by atoms with van der Waals surface area (Å²) < 4.78 is 0. The van der Waals surface area contributed by atoms with Crippen LogP contribution in [-0.4, -0.2) is 47.0 Å². The van der Waals surface area contributed by atoms with E-state index in [-0.39, 0.29) is 29.8 Å². The van der Waals surface area contributed by atoms with Crippen LogP contribution in [0.4, 0.5) is 0 Å². The van der Waals surface area contributed by atoms with E-state index < -0.39 is 0 Å². The van der Waals surface area contributed by atoms with Crippen molar-refractivity contribution in [2.45, 2.75) is 37.9 Å². The van der Waals surface area contributed by atoms with Crippen molar-refractivity contribution in [2.24, 2.45) is 11.8 Å². The van der Waals surface area contributed by atoms with Gasteiger partial charge >= 0.3 is 0 Å². The maximum absolute atomic E-state index is 13.2. The molecule has 2 aliphatic heterocycles. The normalized spacial score (nSPS) is 30.8. The minimum Gasteiger partial charge on any atom is -0.350 e. The van der Waals surface area contributed by atoms with Crippen LogP contribution in [0.2, 0.25) is 0 Å². The molecule has 0 aromatic heterocycles. The number of hydrogen-bond donors (Lipinski definition) is 3. The van der Waals surface area contributed by atoms with Crippen LogP contribution in [0.25, 0.3) is 0 Å². The Morgan fingerprint density at radius 2 is 2.08 bits per heavy atom. The number of amides is 2. The van der Waals surface area contributed by atoms with Crippen LogP contribution in [-0.2, 0) is 16.1 Å². The number of thioether (sulfide) groups is 1. The van der Waals surface area contributed by atoms with E-state index >= 15 is 0 Å². The van der Waals surface area contributed by atoms with E-state index in [0.717, 1.165) is 24.9 Å². The SMILES string of the molecule is O=C(NCc1ccccc1)C1CSCN1C(=O)C1CCCC2CNNC21. The lowest BCUT2D eigenvalue weighted by Crippen LogP contribution is -2.53. The van der Waals surface area contributed by atoms with Gasteiger partial charge in [0, 0.05) is 24.9 Å². The zero-order chi connectivity index (χ0) is 17.9. The molecule has 1 saturated carbocycles. The number of fused-ring (bicyclic) bond motifs is 1. The summed E-state index contributed by atoms with van der Waals surface area (Å²) in [4.78, 5) is 27.7. The molecule has 2 heterocycles. The van der Waals surface area contributed by atoms with Crippen LogP contribution in [0.1, 0.15) is 24.8 Å². The third kappa shape index (κ3) is 3.61. The van der Waals surface area contributed by atoms with Gasteiger partial charge in [0.05, 0.1) is 11.8 Å². The first-order valence-electron chi connectivity index (χ1n) is 9.42. The van der Waals surface area contributed by atoms with Gasteiger partial charge in [-0.25, -0.2) is 0 Å². The van der Waals surface area contributed by atoms with Gasteiger partial charge in [0.15, 0.2) is 0 Å². The Balaban J connectivity index is 1.39. The molecule has 2 amide bonds. The lowest BCUT2D eigenvalue weighted by atomic mass is 9.77. The second-order valence-electron chi connectivity index (χ2n) is 7.38. The molecule has 26 heavy (non-hydrogen) atoms. The molecule has 3 N–H and O–H groups in total. The molecule has 6 nitrogen and oxygen atoms in total. The van der Waals surface area contributed by atoms with Gasteiger partial charge in [-0.1, -0.05) is 36.8 Å². The molecule has 4 rings (SSSR count).